The lowest BCUT2D eigenvalue weighted by Crippen LogP contribution is -2.32. The third-order valence-corrected chi connectivity index (χ3v) is 4.01. The van der Waals surface area contributed by atoms with Gasteiger partial charge in [-0.2, -0.15) is 0 Å². The summed E-state index contributed by atoms with van der Waals surface area (Å²) in [7, 11) is 0. The molecule has 0 heterocycles. The Morgan fingerprint density at radius 3 is 2.60 bits per heavy atom. The molecule has 1 aliphatic carbocycles. The minimum absolute atomic E-state index is 0.0945. The van der Waals surface area contributed by atoms with Gasteiger partial charge >= 0.3 is 6.03 Å². The number of hydrogen-bond acceptors (Lipinski definition) is 1. The Morgan fingerprint density at radius 1 is 1.25 bits per heavy atom. The number of anilines is 1. The molecular weight excluding hydrogens is 248 g/mol. The second-order valence-electron chi connectivity index (χ2n) is 6.82. The van der Waals surface area contributed by atoms with Crippen molar-refractivity contribution in [2.24, 2.45) is 5.92 Å². The number of carbonyl (C=O) groups excluding carboxylic acids is 1. The molecule has 110 valence electrons. The quantitative estimate of drug-likeness (QED) is 0.848. The van der Waals surface area contributed by atoms with Crippen LogP contribution in [0.2, 0.25) is 0 Å². The molecule has 1 aromatic rings. The molecular formula is C17H26N2O. The van der Waals surface area contributed by atoms with Gasteiger partial charge in [0.05, 0.1) is 0 Å². The van der Waals surface area contributed by atoms with Gasteiger partial charge in [0, 0.05) is 12.2 Å². The van der Waals surface area contributed by atoms with Gasteiger partial charge < -0.3 is 10.6 Å². The van der Waals surface area contributed by atoms with Crippen LogP contribution in [0.3, 0.4) is 0 Å². The summed E-state index contributed by atoms with van der Waals surface area (Å²) in [6.07, 6.45) is 5.11. The summed E-state index contributed by atoms with van der Waals surface area (Å²) in [6.45, 7) is 7.32. The molecule has 3 heteroatoms. The van der Waals surface area contributed by atoms with Gasteiger partial charge in [-0.05, 0) is 41.9 Å². The molecule has 2 amide bonds. The lowest BCUT2D eigenvalue weighted by Gasteiger charge is -2.20. The molecule has 0 radical (unpaired) electrons. The van der Waals surface area contributed by atoms with E-state index in [0.717, 1.165) is 12.2 Å². The van der Waals surface area contributed by atoms with Gasteiger partial charge in [-0.15, -0.1) is 0 Å². The fourth-order valence-electron chi connectivity index (χ4n) is 2.69. The van der Waals surface area contributed by atoms with E-state index in [1.165, 1.54) is 31.2 Å². The van der Waals surface area contributed by atoms with Crippen LogP contribution in [0.5, 0.6) is 0 Å². The second-order valence-corrected chi connectivity index (χ2v) is 6.82. The van der Waals surface area contributed by atoms with E-state index in [0.29, 0.717) is 5.92 Å². The normalized spacial score (nSPS) is 16.1. The predicted octanol–water partition coefficient (Wildman–Crippen LogP) is 4.30. The molecule has 0 saturated heterocycles. The van der Waals surface area contributed by atoms with Crippen LogP contribution in [0, 0.1) is 5.92 Å². The number of rotatable bonds is 3. The number of amides is 2. The Balaban J connectivity index is 1.87. The molecule has 1 fully saturated rings. The Bertz CT molecular complexity index is 456. The smallest absolute Gasteiger partial charge is 0.319 e. The predicted molar refractivity (Wildman–Crippen MR) is 84.1 cm³/mol. The maximum Gasteiger partial charge on any atom is 0.319 e. The van der Waals surface area contributed by atoms with Crippen LogP contribution in [0.4, 0.5) is 10.5 Å². The molecule has 0 spiro atoms. The maximum absolute atomic E-state index is 11.9. The van der Waals surface area contributed by atoms with Crippen molar-refractivity contribution in [2.45, 2.75) is 51.9 Å². The van der Waals surface area contributed by atoms with Gasteiger partial charge in [0.15, 0.2) is 0 Å². The molecule has 0 aliphatic heterocycles. The number of nitrogens with one attached hydrogen (secondary N) is 2. The van der Waals surface area contributed by atoms with E-state index >= 15 is 0 Å². The van der Waals surface area contributed by atoms with Gasteiger partial charge in [-0.1, -0.05) is 45.7 Å². The van der Waals surface area contributed by atoms with Crippen LogP contribution in [-0.4, -0.2) is 12.6 Å². The highest BCUT2D eigenvalue weighted by atomic mass is 16.2. The second kappa shape index (κ2) is 6.29. The van der Waals surface area contributed by atoms with Gasteiger partial charge in [0.1, 0.15) is 0 Å². The topological polar surface area (TPSA) is 41.1 Å². The molecule has 2 rings (SSSR count). The average Bonchev–Trinajstić information content (AvgIpc) is 2.89. The number of urea groups is 1. The Hall–Kier alpha value is -1.51. The summed E-state index contributed by atoms with van der Waals surface area (Å²) in [5.74, 6) is 0.668. The van der Waals surface area contributed by atoms with E-state index in [2.05, 4.69) is 43.5 Å². The van der Waals surface area contributed by atoms with Crippen molar-refractivity contribution in [2.75, 3.05) is 11.9 Å². The van der Waals surface area contributed by atoms with E-state index in [4.69, 9.17) is 0 Å². The van der Waals surface area contributed by atoms with Gasteiger partial charge in [0.2, 0.25) is 0 Å². The first-order valence-electron chi connectivity index (χ1n) is 7.60. The van der Waals surface area contributed by atoms with E-state index < -0.39 is 0 Å². The Morgan fingerprint density at radius 2 is 1.95 bits per heavy atom. The van der Waals surface area contributed by atoms with Crippen LogP contribution in [0.15, 0.2) is 24.3 Å². The molecule has 0 atom stereocenters. The van der Waals surface area contributed by atoms with Crippen LogP contribution < -0.4 is 10.6 Å². The van der Waals surface area contributed by atoms with Crippen molar-refractivity contribution in [1.82, 2.24) is 5.32 Å². The zero-order valence-electron chi connectivity index (χ0n) is 12.8. The van der Waals surface area contributed by atoms with Crippen molar-refractivity contribution in [1.29, 1.82) is 0 Å². The van der Waals surface area contributed by atoms with Gasteiger partial charge in [0.25, 0.3) is 0 Å². The zero-order chi connectivity index (χ0) is 14.6. The summed E-state index contributed by atoms with van der Waals surface area (Å²) in [5.41, 5.74) is 2.19. The highest BCUT2D eigenvalue weighted by molar-refractivity contribution is 5.89. The van der Waals surface area contributed by atoms with Crippen molar-refractivity contribution < 1.29 is 4.79 Å². The van der Waals surface area contributed by atoms with E-state index in [1.54, 1.807) is 0 Å². The van der Waals surface area contributed by atoms with Gasteiger partial charge in [-0.3, -0.25) is 0 Å². The summed E-state index contributed by atoms with van der Waals surface area (Å²) in [5, 5.41) is 5.91. The summed E-state index contributed by atoms with van der Waals surface area (Å²) in [6, 6.07) is 7.98. The highest BCUT2D eigenvalue weighted by Gasteiger charge is 2.16. The van der Waals surface area contributed by atoms with Crippen molar-refractivity contribution in [3.63, 3.8) is 0 Å². The number of hydrogen-bond donors (Lipinski definition) is 2. The first-order valence-corrected chi connectivity index (χ1v) is 7.60. The van der Waals surface area contributed by atoms with Crippen LogP contribution >= 0.6 is 0 Å². The van der Waals surface area contributed by atoms with E-state index in [-0.39, 0.29) is 11.4 Å². The summed E-state index contributed by atoms with van der Waals surface area (Å²) in [4.78, 5) is 11.9. The van der Waals surface area contributed by atoms with Crippen LogP contribution in [-0.2, 0) is 5.41 Å². The molecule has 0 unspecified atom stereocenters. The summed E-state index contributed by atoms with van der Waals surface area (Å²) < 4.78 is 0. The third-order valence-electron chi connectivity index (χ3n) is 4.01. The average molecular weight is 274 g/mol. The molecule has 1 aliphatic rings. The third kappa shape index (κ3) is 4.26. The summed E-state index contributed by atoms with van der Waals surface area (Å²) >= 11 is 0. The minimum Gasteiger partial charge on any atom is -0.338 e. The molecule has 1 saturated carbocycles. The molecule has 20 heavy (non-hydrogen) atoms. The van der Waals surface area contributed by atoms with Crippen molar-refractivity contribution in [3.8, 4) is 0 Å². The van der Waals surface area contributed by atoms with Crippen molar-refractivity contribution >= 4 is 11.7 Å². The van der Waals surface area contributed by atoms with Crippen LogP contribution in [0.25, 0.3) is 0 Å². The molecule has 0 aromatic heterocycles. The molecule has 0 bridgehead atoms. The lowest BCUT2D eigenvalue weighted by atomic mass is 9.87. The first kappa shape index (κ1) is 14.9. The molecule has 1 aromatic carbocycles. The Labute approximate surface area is 122 Å². The van der Waals surface area contributed by atoms with E-state index in [9.17, 15) is 4.79 Å². The van der Waals surface area contributed by atoms with Crippen molar-refractivity contribution in [3.05, 3.63) is 29.8 Å². The highest BCUT2D eigenvalue weighted by Crippen LogP contribution is 2.25. The fraction of sp³-hybridized carbons (Fsp3) is 0.588. The monoisotopic (exact) mass is 274 g/mol. The number of benzene rings is 1. The van der Waals surface area contributed by atoms with E-state index in [1.807, 2.05) is 12.1 Å². The SMILES string of the molecule is CC(C)(C)c1cccc(NC(=O)NCC2CCCC2)c1. The molecule has 3 nitrogen and oxygen atoms in total. The lowest BCUT2D eigenvalue weighted by molar-refractivity contribution is 0.250. The molecule has 2 N–H and O–H groups in total. The number of carbonyl (C=O) groups is 1. The fourth-order valence-corrected chi connectivity index (χ4v) is 2.69. The largest absolute Gasteiger partial charge is 0.338 e. The first-order chi connectivity index (χ1) is 9.45. The van der Waals surface area contributed by atoms with Gasteiger partial charge in [-0.25, -0.2) is 4.79 Å². The standard InChI is InChI=1S/C17H26N2O/c1-17(2,3)14-9-6-10-15(11-14)19-16(20)18-12-13-7-4-5-8-13/h6,9-11,13H,4-5,7-8,12H2,1-3H3,(H2,18,19,20). The van der Waals surface area contributed by atoms with Crippen LogP contribution in [0.1, 0.15) is 52.0 Å². The zero-order valence-corrected chi connectivity index (χ0v) is 12.8. The minimum atomic E-state index is -0.0945. The Kier molecular flexibility index (Phi) is 4.69. The maximum atomic E-state index is 11.9.